The molecule has 7 heteroatoms. The number of nitrogens with one attached hydrogen (secondary N) is 1. The first kappa shape index (κ1) is 13.7. The van der Waals surface area contributed by atoms with Gasteiger partial charge in [-0.25, -0.2) is 0 Å². The molecule has 0 saturated heterocycles. The maximum atomic E-state index is 5.27. The van der Waals surface area contributed by atoms with Crippen molar-refractivity contribution in [3.63, 3.8) is 0 Å². The second-order valence-electron chi connectivity index (χ2n) is 4.34. The minimum absolute atomic E-state index is 0.606. The lowest BCUT2D eigenvalue weighted by atomic mass is 10.2. The number of hydrazone groups is 1. The summed E-state index contributed by atoms with van der Waals surface area (Å²) in [5.41, 5.74) is 4.51. The Hall–Kier alpha value is -3.22. The van der Waals surface area contributed by atoms with E-state index >= 15 is 0 Å². The highest BCUT2D eigenvalue weighted by Gasteiger charge is 1.97. The van der Waals surface area contributed by atoms with E-state index in [4.69, 9.17) is 4.74 Å². The standard InChI is InChI=1S/C15H14N6O/c1-22-13-7-3-2-5-12(13)6-4-10-16-18-14-8-9-15-19-17-11-21(15)20-14/h2-11H,1H3,(H,18,20)/b6-4+,16-10-. The summed E-state index contributed by atoms with van der Waals surface area (Å²) in [5.74, 6) is 1.43. The van der Waals surface area contributed by atoms with Crippen LogP contribution in [-0.2, 0) is 0 Å². The van der Waals surface area contributed by atoms with Gasteiger partial charge in [-0.3, -0.25) is 5.43 Å². The van der Waals surface area contributed by atoms with Crippen molar-refractivity contribution < 1.29 is 4.74 Å². The van der Waals surface area contributed by atoms with Gasteiger partial charge in [-0.1, -0.05) is 18.2 Å². The largest absolute Gasteiger partial charge is 0.496 e. The Balaban J connectivity index is 1.63. The highest BCUT2D eigenvalue weighted by Crippen LogP contribution is 2.18. The Labute approximate surface area is 127 Å². The number of rotatable bonds is 5. The van der Waals surface area contributed by atoms with Crippen LogP contribution in [0.15, 0.2) is 53.9 Å². The SMILES string of the molecule is COc1ccccc1/C=C/C=N\Nc1ccc2nncn2n1. The molecule has 2 heterocycles. The molecule has 22 heavy (non-hydrogen) atoms. The average Bonchev–Trinajstić information content (AvgIpc) is 3.02. The van der Waals surface area contributed by atoms with Gasteiger partial charge in [0.05, 0.1) is 7.11 Å². The van der Waals surface area contributed by atoms with Gasteiger partial charge in [-0.2, -0.15) is 9.62 Å². The molecule has 1 N–H and O–H groups in total. The molecule has 2 aromatic heterocycles. The fourth-order valence-corrected chi connectivity index (χ4v) is 1.89. The van der Waals surface area contributed by atoms with Crippen LogP contribution in [0.25, 0.3) is 11.7 Å². The van der Waals surface area contributed by atoms with Gasteiger partial charge in [0.15, 0.2) is 11.5 Å². The van der Waals surface area contributed by atoms with Gasteiger partial charge >= 0.3 is 0 Å². The Morgan fingerprint density at radius 3 is 3.05 bits per heavy atom. The van der Waals surface area contributed by atoms with Gasteiger partial charge < -0.3 is 4.74 Å². The molecule has 0 amide bonds. The second-order valence-corrected chi connectivity index (χ2v) is 4.34. The van der Waals surface area contributed by atoms with E-state index in [1.165, 1.54) is 6.33 Å². The number of anilines is 1. The van der Waals surface area contributed by atoms with E-state index in [1.54, 1.807) is 23.9 Å². The van der Waals surface area contributed by atoms with Crippen molar-refractivity contribution in [3.05, 3.63) is 54.4 Å². The number of methoxy groups -OCH3 is 1. The van der Waals surface area contributed by atoms with E-state index < -0.39 is 0 Å². The van der Waals surface area contributed by atoms with E-state index in [0.717, 1.165) is 11.3 Å². The van der Waals surface area contributed by atoms with Crippen molar-refractivity contribution in [1.29, 1.82) is 0 Å². The Bertz CT molecular complexity index is 824. The summed E-state index contributed by atoms with van der Waals surface area (Å²) < 4.78 is 6.84. The minimum atomic E-state index is 0.606. The number of hydrogen-bond donors (Lipinski definition) is 1. The molecule has 0 fully saturated rings. The maximum absolute atomic E-state index is 5.27. The Kier molecular flexibility index (Phi) is 4.05. The number of ether oxygens (including phenoxy) is 1. The first-order valence-electron chi connectivity index (χ1n) is 6.62. The summed E-state index contributed by atoms with van der Waals surface area (Å²) in [5, 5.41) is 16.0. The van der Waals surface area contributed by atoms with E-state index in [0.29, 0.717) is 11.5 Å². The number of nitrogens with zero attached hydrogens (tertiary/aromatic N) is 5. The fraction of sp³-hybridized carbons (Fsp3) is 0.0667. The number of hydrogen-bond acceptors (Lipinski definition) is 6. The Morgan fingerprint density at radius 2 is 2.14 bits per heavy atom. The zero-order valence-corrected chi connectivity index (χ0v) is 11.9. The van der Waals surface area contributed by atoms with E-state index in [-0.39, 0.29) is 0 Å². The van der Waals surface area contributed by atoms with Crippen molar-refractivity contribution >= 4 is 23.8 Å². The summed E-state index contributed by atoms with van der Waals surface area (Å²) in [6, 6.07) is 11.4. The molecule has 0 aliphatic heterocycles. The summed E-state index contributed by atoms with van der Waals surface area (Å²) >= 11 is 0. The third-order valence-corrected chi connectivity index (χ3v) is 2.92. The molecule has 1 aromatic carbocycles. The lowest BCUT2D eigenvalue weighted by Gasteiger charge is -2.02. The monoisotopic (exact) mass is 294 g/mol. The number of fused-ring (bicyclic) bond motifs is 1. The highest BCUT2D eigenvalue weighted by molar-refractivity contribution is 5.79. The average molecular weight is 294 g/mol. The molecule has 0 saturated carbocycles. The van der Waals surface area contributed by atoms with Gasteiger partial charge in [0.25, 0.3) is 0 Å². The van der Waals surface area contributed by atoms with Crippen molar-refractivity contribution in [3.8, 4) is 5.75 Å². The molecule has 3 aromatic rings. The van der Waals surface area contributed by atoms with Crippen LogP contribution in [0.4, 0.5) is 5.82 Å². The van der Waals surface area contributed by atoms with Crippen molar-refractivity contribution in [2.45, 2.75) is 0 Å². The van der Waals surface area contributed by atoms with Gasteiger partial charge in [0.1, 0.15) is 12.1 Å². The fourth-order valence-electron chi connectivity index (χ4n) is 1.89. The topological polar surface area (TPSA) is 76.7 Å². The van der Waals surface area contributed by atoms with Crippen LogP contribution in [0.3, 0.4) is 0 Å². The number of benzene rings is 1. The van der Waals surface area contributed by atoms with Gasteiger partial charge in [0, 0.05) is 11.8 Å². The number of aromatic nitrogens is 4. The molecule has 7 nitrogen and oxygen atoms in total. The van der Waals surface area contributed by atoms with Crippen LogP contribution in [-0.4, -0.2) is 33.1 Å². The first-order chi connectivity index (χ1) is 10.9. The van der Waals surface area contributed by atoms with E-state index in [2.05, 4.69) is 25.8 Å². The number of para-hydroxylation sites is 1. The van der Waals surface area contributed by atoms with Crippen LogP contribution in [0, 0.1) is 0 Å². The van der Waals surface area contributed by atoms with Crippen molar-refractivity contribution in [1.82, 2.24) is 19.8 Å². The molecule has 0 aliphatic carbocycles. The van der Waals surface area contributed by atoms with Gasteiger partial charge in [-0.15, -0.1) is 15.3 Å². The summed E-state index contributed by atoms with van der Waals surface area (Å²) in [4.78, 5) is 0. The molecule has 110 valence electrons. The van der Waals surface area contributed by atoms with Crippen LogP contribution < -0.4 is 10.2 Å². The summed E-state index contributed by atoms with van der Waals surface area (Å²) in [7, 11) is 1.65. The zero-order chi connectivity index (χ0) is 15.2. The van der Waals surface area contributed by atoms with E-state index in [9.17, 15) is 0 Å². The second kappa shape index (κ2) is 6.49. The smallest absolute Gasteiger partial charge is 0.177 e. The third kappa shape index (κ3) is 3.09. The molecule has 0 unspecified atom stereocenters. The van der Waals surface area contributed by atoms with E-state index in [1.807, 2.05) is 42.5 Å². The molecular weight excluding hydrogens is 280 g/mol. The lowest BCUT2D eigenvalue weighted by Crippen LogP contribution is -1.97. The summed E-state index contributed by atoms with van der Waals surface area (Å²) in [6.45, 7) is 0. The van der Waals surface area contributed by atoms with Gasteiger partial charge in [0.2, 0.25) is 0 Å². The predicted octanol–water partition coefficient (Wildman–Crippen LogP) is 2.24. The number of allylic oxidation sites excluding steroid dienone is 1. The lowest BCUT2D eigenvalue weighted by molar-refractivity contribution is 0.414. The van der Waals surface area contributed by atoms with Crippen LogP contribution >= 0.6 is 0 Å². The van der Waals surface area contributed by atoms with Crippen LogP contribution in [0.2, 0.25) is 0 Å². The molecule has 0 radical (unpaired) electrons. The molecule has 3 rings (SSSR count). The molecular formula is C15H14N6O. The van der Waals surface area contributed by atoms with Crippen molar-refractivity contribution in [2.24, 2.45) is 5.10 Å². The Morgan fingerprint density at radius 1 is 1.23 bits per heavy atom. The molecule has 0 spiro atoms. The predicted molar refractivity (Wildman–Crippen MR) is 84.9 cm³/mol. The third-order valence-electron chi connectivity index (χ3n) is 2.92. The molecule has 0 atom stereocenters. The normalized spacial score (nSPS) is 11.5. The molecule has 0 aliphatic rings. The summed E-state index contributed by atoms with van der Waals surface area (Å²) in [6.07, 6.45) is 6.92. The highest BCUT2D eigenvalue weighted by atomic mass is 16.5. The molecule has 0 bridgehead atoms. The van der Waals surface area contributed by atoms with Crippen LogP contribution in [0.5, 0.6) is 5.75 Å². The minimum Gasteiger partial charge on any atom is -0.496 e. The van der Waals surface area contributed by atoms with Crippen LogP contribution in [0.1, 0.15) is 5.56 Å². The maximum Gasteiger partial charge on any atom is 0.177 e. The quantitative estimate of drug-likeness (QED) is 0.577. The van der Waals surface area contributed by atoms with Gasteiger partial charge in [-0.05, 0) is 30.4 Å². The first-order valence-corrected chi connectivity index (χ1v) is 6.62. The zero-order valence-electron chi connectivity index (χ0n) is 11.9. The van der Waals surface area contributed by atoms with Crippen molar-refractivity contribution in [2.75, 3.05) is 12.5 Å².